The minimum Gasteiger partial charge on any atom is -0.493 e. The van der Waals surface area contributed by atoms with Crippen LogP contribution < -0.4 is 14.6 Å². The number of nitrogens with zero attached hydrogens (tertiary/aromatic N) is 1. The number of hydrogen-bond donors (Lipinski definition) is 1. The predicted octanol–water partition coefficient (Wildman–Crippen LogP) is 1.55. The van der Waals surface area contributed by atoms with Crippen molar-refractivity contribution in [3.63, 3.8) is 0 Å². The lowest BCUT2D eigenvalue weighted by Crippen LogP contribution is -2.36. The smallest absolute Gasteiger partial charge is 0.254 e. The molecule has 1 heterocycles. The van der Waals surface area contributed by atoms with Gasteiger partial charge < -0.3 is 14.4 Å². The van der Waals surface area contributed by atoms with Gasteiger partial charge in [0.05, 0.1) is 19.1 Å². The van der Waals surface area contributed by atoms with Crippen molar-refractivity contribution in [2.24, 2.45) is 5.14 Å². The highest BCUT2D eigenvalue weighted by molar-refractivity contribution is 7.89. The van der Waals surface area contributed by atoms with Crippen molar-refractivity contribution in [2.75, 3.05) is 20.8 Å². The summed E-state index contributed by atoms with van der Waals surface area (Å²) in [6, 6.07) is 9.80. The number of amides is 1. The molecule has 0 radical (unpaired) electrons. The third kappa shape index (κ3) is 3.51. The number of primary sulfonamides is 1. The third-order valence-electron chi connectivity index (χ3n) is 4.44. The van der Waals surface area contributed by atoms with E-state index < -0.39 is 10.0 Å². The van der Waals surface area contributed by atoms with E-state index in [9.17, 15) is 13.2 Å². The van der Waals surface area contributed by atoms with Gasteiger partial charge in [-0.3, -0.25) is 4.79 Å². The van der Waals surface area contributed by atoms with Crippen LogP contribution in [0.4, 0.5) is 0 Å². The Morgan fingerprint density at radius 3 is 2.42 bits per heavy atom. The van der Waals surface area contributed by atoms with E-state index in [0.717, 1.165) is 11.1 Å². The number of hydrogen-bond acceptors (Lipinski definition) is 5. The average molecular weight is 376 g/mol. The summed E-state index contributed by atoms with van der Waals surface area (Å²) in [5, 5.41) is 5.20. The quantitative estimate of drug-likeness (QED) is 0.873. The summed E-state index contributed by atoms with van der Waals surface area (Å²) in [4.78, 5) is 14.6. The first-order valence-electron chi connectivity index (χ1n) is 7.99. The van der Waals surface area contributed by atoms with Crippen LogP contribution >= 0.6 is 0 Å². The average Bonchev–Trinajstić information content (AvgIpc) is 2.65. The molecule has 0 aliphatic carbocycles. The molecule has 26 heavy (non-hydrogen) atoms. The van der Waals surface area contributed by atoms with Gasteiger partial charge >= 0.3 is 0 Å². The number of nitrogens with two attached hydrogens (primary N) is 1. The molecule has 0 atom stereocenters. The molecule has 0 spiro atoms. The minimum absolute atomic E-state index is 0.0525. The van der Waals surface area contributed by atoms with Gasteiger partial charge in [0.1, 0.15) is 0 Å². The van der Waals surface area contributed by atoms with E-state index in [1.807, 2.05) is 0 Å². The number of ether oxygens (including phenoxy) is 2. The Morgan fingerprint density at radius 2 is 1.77 bits per heavy atom. The highest BCUT2D eigenvalue weighted by Crippen LogP contribution is 2.29. The monoisotopic (exact) mass is 376 g/mol. The van der Waals surface area contributed by atoms with Gasteiger partial charge in [0.2, 0.25) is 10.0 Å². The lowest BCUT2D eigenvalue weighted by molar-refractivity contribution is 0.0734. The van der Waals surface area contributed by atoms with Crippen LogP contribution in [-0.2, 0) is 23.0 Å². The Bertz CT molecular complexity index is 956. The van der Waals surface area contributed by atoms with Gasteiger partial charge in [0.25, 0.3) is 5.91 Å². The van der Waals surface area contributed by atoms with Crippen LogP contribution in [0.3, 0.4) is 0 Å². The van der Waals surface area contributed by atoms with Crippen LogP contribution in [0.5, 0.6) is 11.5 Å². The summed E-state index contributed by atoms with van der Waals surface area (Å²) < 4.78 is 33.6. The number of methoxy groups -OCH3 is 2. The molecule has 7 nitrogen and oxygen atoms in total. The summed E-state index contributed by atoms with van der Waals surface area (Å²) in [5.41, 5.74) is 2.29. The Morgan fingerprint density at radius 1 is 1.04 bits per heavy atom. The molecule has 1 aliphatic heterocycles. The zero-order valence-corrected chi connectivity index (χ0v) is 15.4. The van der Waals surface area contributed by atoms with Crippen molar-refractivity contribution < 1.29 is 22.7 Å². The minimum atomic E-state index is -3.78. The lowest BCUT2D eigenvalue weighted by atomic mass is 9.99. The van der Waals surface area contributed by atoms with Crippen molar-refractivity contribution in [3.05, 3.63) is 53.1 Å². The summed E-state index contributed by atoms with van der Waals surface area (Å²) >= 11 is 0. The molecular weight excluding hydrogens is 356 g/mol. The number of carbonyl (C=O) groups is 1. The molecule has 3 rings (SSSR count). The Hall–Kier alpha value is -2.58. The van der Waals surface area contributed by atoms with E-state index in [0.29, 0.717) is 36.6 Å². The molecule has 0 saturated carbocycles. The highest BCUT2D eigenvalue weighted by atomic mass is 32.2. The molecule has 8 heteroatoms. The van der Waals surface area contributed by atoms with Crippen LogP contribution in [-0.4, -0.2) is 40.0 Å². The number of carbonyl (C=O) groups excluding carboxylic acids is 1. The maximum atomic E-state index is 12.8. The van der Waals surface area contributed by atoms with E-state index in [-0.39, 0.29) is 10.8 Å². The molecular formula is C18H20N2O5S. The highest BCUT2D eigenvalue weighted by Gasteiger charge is 2.24. The molecule has 2 aromatic carbocycles. The Labute approximate surface area is 152 Å². The standard InChI is InChI=1S/C18H20N2O5S/c1-24-16-6-4-13(10-17(16)25-2)18(21)20-8-7-12-3-5-15(26(19,22)23)9-14(12)11-20/h3-6,9-10H,7-8,11H2,1-2H3,(H2,19,22,23). The molecule has 138 valence electrons. The Balaban J connectivity index is 1.87. The van der Waals surface area contributed by atoms with Gasteiger partial charge in [-0.2, -0.15) is 0 Å². The fraction of sp³-hybridized carbons (Fsp3) is 0.278. The van der Waals surface area contributed by atoms with E-state index >= 15 is 0 Å². The molecule has 1 aliphatic rings. The molecule has 1 amide bonds. The van der Waals surface area contributed by atoms with Gasteiger partial charge in [0.15, 0.2) is 11.5 Å². The van der Waals surface area contributed by atoms with Crippen molar-refractivity contribution in [3.8, 4) is 11.5 Å². The summed E-state index contributed by atoms with van der Waals surface area (Å²) in [5.74, 6) is 0.871. The molecule has 0 saturated heterocycles. The van der Waals surface area contributed by atoms with Crippen LogP contribution in [0.15, 0.2) is 41.3 Å². The molecule has 0 aromatic heterocycles. The largest absolute Gasteiger partial charge is 0.493 e. The van der Waals surface area contributed by atoms with Crippen LogP contribution in [0.1, 0.15) is 21.5 Å². The van der Waals surface area contributed by atoms with E-state index in [1.165, 1.54) is 20.3 Å². The molecule has 0 unspecified atom stereocenters. The van der Waals surface area contributed by atoms with E-state index in [2.05, 4.69) is 0 Å². The SMILES string of the molecule is COc1ccc(C(=O)N2CCc3ccc(S(N)(=O)=O)cc3C2)cc1OC. The maximum Gasteiger partial charge on any atom is 0.254 e. The summed E-state index contributed by atoms with van der Waals surface area (Å²) in [7, 11) is -0.733. The van der Waals surface area contributed by atoms with Crippen LogP contribution in [0.2, 0.25) is 0 Å². The fourth-order valence-electron chi connectivity index (χ4n) is 3.04. The number of benzene rings is 2. The van der Waals surface area contributed by atoms with Crippen molar-refractivity contribution in [1.82, 2.24) is 4.90 Å². The number of sulfonamides is 1. The van der Waals surface area contributed by atoms with E-state index in [4.69, 9.17) is 14.6 Å². The van der Waals surface area contributed by atoms with Crippen LogP contribution in [0.25, 0.3) is 0 Å². The van der Waals surface area contributed by atoms with Crippen molar-refractivity contribution in [1.29, 1.82) is 0 Å². The molecule has 0 fully saturated rings. The normalized spacial score (nSPS) is 13.9. The fourth-order valence-corrected chi connectivity index (χ4v) is 3.60. The van der Waals surface area contributed by atoms with Crippen molar-refractivity contribution >= 4 is 15.9 Å². The van der Waals surface area contributed by atoms with Crippen molar-refractivity contribution in [2.45, 2.75) is 17.9 Å². The third-order valence-corrected chi connectivity index (χ3v) is 5.35. The van der Waals surface area contributed by atoms with Gasteiger partial charge in [-0.1, -0.05) is 6.07 Å². The molecule has 2 N–H and O–H groups in total. The molecule has 0 bridgehead atoms. The van der Waals surface area contributed by atoms with Crippen LogP contribution in [0, 0.1) is 0 Å². The lowest BCUT2D eigenvalue weighted by Gasteiger charge is -2.29. The summed E-state index contributed by atoms with van der Waals surface area (Å²) in [6.07, 6.45) is 0.652. The second kappa shape index (κ2) is 6.97. The zero-order valence-electron chi connectivity index (χ0n) is 14.6. The summed E-state index contributed by atoms with van der Waals surface area (Å²) in [6.45, 7) is 0.876. The second-order valence-electron chi connectivity index (χ2n) is 6.02. The van der Waals surface area contributed by atoms with Gasteiger partial charge in [-0.25, -0.2) is 13.6 Å². The second-order valence-corrected chi connectivity index (χ2v) is 7.58. The first-order valence-corrected chi connectivity index (χ1v) is 9.54. The van der Waals surface area contributed by atoms with Gasteiger partial charge in [-0.05, 0) is 47.9 Å². The van der Waals surface area contributed by atoms with E-state index in [1.54, 1.807) is 35.2 Å². The van der Waals surface area contributed by atoms with Gasteiger partial charge in [0, 0.05) is 18.7 Å². The van der Waals surface area contributed by atoms with Gasteiger partial charge in [-0.15, -0.1) is 0 Å². The molecule has 2 aromatic rings. The first kappa shape index (κ1) is 18.2. The predicted molar refractivity (Wildman–Crippen MR) is 95.8 cm³/mol. The number of rotatable bonds is 4. The number of fused-ring (bicyclic) bond motifs is 1. The zero-order chi connectivity index (χ0) is 18.9. The maximum absolute atomic E-state index is 12.8. The first-order chi connectivity index (χ1) is 12.3. The topological polar surface area (TPSA) is 98.9 Å². The Kier molecular flexibility index (Phi) is 4.88.